The molecule has 8 heteroatoms. The van der Waals surface area contributed by atoms with Crippen molar-refractivity contribution in [3.05, 3.63) is 0 Å². The number of amides is 1. The number of piperidine rings is 1. The van der Waals surface area contributed by atoms with Crippen LogP contribution in [0.25, 0.3) is 0 Å². The van der Waals surface area contributed by atoms with Gasteiger partial charge in [-0.3, -0.25) is 9.59 Å². The van der Waals surface area contributed by atoms with Crippen LogP contribution in [0.3, 0.4) is 0 Å². The van der Waals surface area contributed by atoms with E-state index < -0.39 is 27.2 Å². The second-order valence-corrected chi connectivity index (χ2v) is 10.0. The number of carbonyl (C=O) groups is 2. The van der Waals surface area contributed by atoms with Gasteiger partial charge in [-0.1, -0.05) is 19.8 Å². The molecule has 1 saturated carbocycles. The average molecular weight is 372 g/mol. The lowest BCUT2D eigenvalue weighted by Gasteiger charge is -2.35. The molecule has 0 radical (unpaired) electrons. The summed E-state index contributed by atoms with van der Waals surface area (Å²) in [6.45, 7) is 2.97. The van der Waals surface area contributed by atoms with Crippen LogP contribution in [0.5, 0.6) is 0 Å². The Hall–Kier alpha value is -1.15. The molecule has 142 valence electrons. The van der Waals surface area contributed by atoms with Crippen LogP contribution < -0.4 is 0 Å². The van der Waals surface area contributed by atoms with Gasteiger partial charge in [-0.25, -0.2) is 12.7 Å². The van der Waals surface area contributed by atoms with Gasteiger partial charge in [0.15, 0.2) is 0 Å². The number of hydrogen-bond acceptors (Lipinski definition) is 4. The minimum atomic E-state index is -3.57. The number of carboxylic acid groups (broad SMARTS) is 1. The van der Waals surface area contributed by atoms with Gasteiger partial charge in [-0.2, -0.15) is 0 Å². The zero-order chi connectivity index (χ0) is 18.2. The molecule has 3 aliphatic rings. The van der Waals surface area contributed by atoms with Crippen LogP contribution >= 0.6 is 0 Å². The first-order valence-electron chi connectivity index (χ1n) is 9.31. The van der Waals surface area contributed by atoms with E-state index in [0.29, 0.717) is 19.4 Å². The molecule has 0 aromatic heterocycles. The van der Waals surface area contributed by atoms with Crippen LogP contribution in [0.1, 0.15) is 45.4 Å². The summed E-state index contributed by atoms with van der Waals surface area (Å²) in [5, 5.41) is 8.63. The van der Waals surface area contributed by atoms with Crippen LogP contribution in [-0.2, 0) is 19.6 Å². The zero-order valence-corrected chi connectivity index (χ0v) is 15.6. The Bertz CT molecular complexity index is 629. The van der Waals surface area contributed by atoms with Crippen LogP contribution in [0, 0.1) is 17.8 Å². The fourth-order valence-corrected chi connectivity index (χ4v) is 6.54. The highest BCUT2D eigenvalue weighted by Gasteiger charge is 2.44. The van der Waals surface area contributed by atoms with E-state index in [9.17, 15) is 23.1 Å². The third kappa shape index (κ3) is 3.69. The monoisotopic (exact) mass is 372 g/mol. The summed E-state index contributed by atoms with van der Waals surface area (Å²) in [6, 6.07) is 0. The summed E-state index contributed by atoms with van der Waals surface area (Å²) < 4.78 is 27.3. The second kappa shape index (κ2) is 7.23. The van der Waals surface area contributed by atoms with Crippen molar-refractivity contribution in [1.82, 2.24) is 9.21 Å². The SMILES string of the molecule is C[C@@H]1CN(S(=O)(=O)C2CCCN(C(=O)C3CCCC3)C2)C[C@H]1C(=O)O. The number of carbonyl (C=O) groups excluding carboxylic acids is 1. The summed E-state index contributed by atoms with van der Waals surface area (Å²) in [4.78, 5) is 25.6. The number of aliphatic carboxylic acids is 1. The zero-order valence-electron chi connectivity index (χ0n) is 14.8. The van der Waals surface area contributed by atoms with Gasteiger partial charge in [0.25, 0.3) is 0 Å². The maximum Gasteiger partial charge on any atom is 0.308 e. The lowest BCUT2D eigenvalue weighted by atomic mass is 9.99. The Morgan fingerprint density at radius 1 is 1.00 bits per heavy atom. The molecule has 3 fully saturated rings. The highest BCUT2D eigenvalue weighted by atomic mass is 32.2. The molecule has 2 aliphatic heterocycles. The summed E-state index contributed by atoms with van der Waals surface area (Å²) in [6.07, 6.45) is 5.21. The Morgan fingerprint density at radius 3 is 2.28 bits per heavy atom. The predicted molar refractivity (Wildman–Crippen MR) is 92.3 cm³/mol. The molecule has 25 heavy (non-hydrogen) atoms. The number of sulfonamides is 1. The summed E-state index contributed by atoms with van der Waals surface area (Å²) in [7, 11) is -3.57. The van der Waals surface area contributed by atoms with Gasteiger partial charge in [-0.05, 0) is 31.6 Å². The molecule has 1 N–H and O–H groups in total. The largest absolute Gasteiger partial charge is 0.481 e. The molecule has 0 bridgehead atoms. The highest BCUT2D eigenvalue weighted by Crippen LogP contribution is 2.31. The fourth-order valence-electron chi connectivity index (χ4n) is 4.47. The van der Waals surface area contributed by atoms with Gasteiger partial charge in [0, 0.05) is 32.1 Å². The number of carboxylic acids is 1. The topological polar surface area (TPSA) is 95.0 Å². The van der Waals surface area contributed by atoms with Gasteiger partial charge in [0.2, 0.25) is 15.9 Å². The van der Waals surface area contributed by atoms with E-state index in [4.69, 9.17) is 0 Å². The number of hydrogen-bond donors (Lipinski definition) is 1. The third-order valence-electron chi connectivity index (χ3n) is 6.07. The predicted octanol–water partition coefficient (Wildman–Crippen LogP) is 1.15. The molecule has 0 aromatic rings. The van der Waals surface area contributed by atoms with E-state index in [1.54, 1.807) is 11.8 Å². The van der Waals surface area contributed by atoms with Crippen LogP contribution in [-0.4, -0.2) is 66.0 Å². The number of likely N-dealkylation sites (tertiary alicyclic amines) is 1. The van der Waals surface area contributed by atoms with Crippen LogP contribution in [0.2, 0.25) is 0 Å². The van der Waals surface area contributed by atoms with Crippen molar-refractivity contribution in [3.8, 4) is 0 Å². The Kier molecular flexibility index (Phi) is 5.39. The van der Waals surface area contributed by atoms with Crippen LogP contribution in [0.15, 0.2) is 0 Å². The van der Waals surface area contributed by atoms with Crippen molar-refractivity contribution in [1.29, 1.82) is 0 Å². The standard InChI is InChI=1S/C17H28N2O5S/c1-12-9-19(11-15(12)17(21)22)25(23,24)14-7-4-8-18(10-14)16(20)13-5-2-3-6-13/h12-15H,2-11H2,1H3,(H,21,22)/t12-,14?,15-/m1/s1. The van der Waals surface area contributed by atoms with Crippen molar-refractivity contribution < 1.29 is 23.1 Å². The first-order chi connectivity index (χ1) is 11.8. The van der Waals surface area contributed by atoms with E-state index in [1.165, 1.54) is 4.31 Å². The van der Waals surface area contributed by atoms with E-state index >= 15 is 0 Å². The Labute approximate surface area is 149 Å². The van der Waals surface area contributed by atoms with Gasteiger partial charge in [-0.15, -0.1) is 0 Å². The highest BCUT2D eigenvalue weighted by molar-refractivity contribution is 7.89. The van der Waals surface area contributed by atoms with Gasteiger partial charge < -0.3 is 10.0 Å². The van der Waals surface area contributed by atoms with Gasteiger partial charge in [0.1, 0.15) is 0 Å². The van der Waals surface area contributed by atoms with Gasteiger partial charge in [0.05, 0.1) is 11.2 Å². The molecule has 0 spiro atoms. The van der Waals surface area contributed by atoms with Crippen molar-refractivity contribution in [2.24, 2.45) is 17.8 Å². The average Bonchev–Trinajstić information content (AvgIpc) is 3.24. The van der Waals surface area contributed by atoms with Gasteiger partial charge >= 0.3 is 5.97 Å². The lowest BCUT2D eigenvalue weighted by Crippen LogP contribution is -2.50. The Balaban J connectivity index is 1.68. The molecule has 3 atom stereocenters. The first kappa shape index (κ1) is 18.6. The molecule has 1 aliphatic carbocycles. The van der Waals surface area contributed by atoms with Crippen molar-refractivity contribution in [3.63, 3.8) is 0 Å². The summed E-state index contributed by atoms with van der Waals surface area (Å²) >= 11 is 0. The van der Waals surface area contributed by atoms with E-state index in [1.807, 2.05) is 0 Å². The fraction of sp³-hybridized carbons (Fsp3) is 0.882. The minimum absolute atomic E-state index is 0.0475. The molecular formula is C17H28N2O5S. The van der Waals surface area contributed by atoms with Crippen molar-refractivity contribution in [2.45, 2.75) is 50.7 Å². The maximum absolute atomic E-state index is 13.0. The number of nitrogens with zero attached hydrogens (tertiary/aromatic N) is 2. The second-order valence-electron chi connectivity index (χ2n) is 7.81. The first-order valence-corrected chi connectivity index (χ1v) is 10.8. The third-order valence-corrected chi connectivity index (χ3v) is 8.32. The maximum atomic E-state index is 13.0. The van der Waals surface area contributed by atoms with E-state index in [2.05, 4.69) is 0 Å². The molecule has 0 aromatic carbocycles. The number of rotatable bonds is 4. The normalized spacial score (nSPS) is 32.2. The molecular weight excluding hydrogens is 344 g/mol. The van der Waals surface area contributed by atoms with Crippen molar-refractivity contribution in [2.75, 3.05) is 26.2 Å². The molecule has 7 nitrogen and oxygen atoms in total. The lowest BCUT2D eigenvalue weighted by molar-refractivity contribution is -0.142. The van der Waals surface area contributed by atoms with E-state index in [-0.39, 0.29) is 37.4 Å². The summed E-state index contributed by atoms with van der Waals surface area (Å²) in [5.41, 5.74) is 0. The molecule has 2 heterocycles. The van der Waals surface area contributed by atoms with Crippen molar-refractivity contribution >= 4 is 21.9 Å². The molecule has 2 saturated heterocycles. The quantitative estimate of drug-likeness (QED) is 0.799. The summed E-state index contributed by atoms with van der Waals surface area (Å²) in [5.74, 6) is -1.60. The smallest absolute Gasteiger partial charge is 0.308 e. The molecule has 1 amide bonds. The minimum Gasteiger partial charge on any atom is -0.481 e. The molecule has 1 unspecified atom stereocenters. The molecule has 3 rings (SSSR count). The van der Waals surface area contributed by atoms with E-state index in [0.717, 1.165) is 25.7 Å². The Morgan fingerprint density at radius 2 is 1.68 bits per heavy atom. The van der Waals surface area contributed by atoms with Crippen LogP contribution in [0.4, 0.5) is 0 Å².